The van der Waals surface area contributed by atoms with Crippen molar-refractivity contribution < 1.29 is 22.4 Å². The van der Waals surface area contributed by atoms with Gasteiger partial charge < -0.3 is 0 Å². The summed E-state index contributed by atoms with van der Waals surface area (Å²) in [5.41, 5.74) is -0.257. The largest absolute Gasteiger partial charge is 0.293 e. The van der Waals surface area contributed by atoms with Crippen LogP contribution in [0.5, 0.6) is 0 Å². The van der Waals surface area contributed by atoms with Crippen molar-refractivity contribution in [1.82, 2.24) is 9.38 Å². The number of rotatable bonds is 2. The predicted octanol–water partition coefficient (Wildman–Crippen LogP) is 3.88. The van der Waals surface area contributed by atoms with Gasteiger partial charge in [0.05, 0.1) is 10.7 Å². The molecule has 8 heteroatoms. The topological polar surface area (TPSA) is 34.4 Å². The second-order valence-corrected chi connectivity index (χ2v) is 5.28. The summed E-state index contributed by atoms with van der Waals surface area (Å²) in [6, 6.07) is 2.32. The van der Waals surface area contributed by atoms with Gasteiger partial charge in [-0.05, 0) is 34.1 Å². The van der Waals surface area contributed by atoms with Gasteiger partial charge in [0, 0.05) is 11.8 Å². The molecule has 22 heavy (non-hydrogen) atoms. The second-order valence-electron chi connectivity index (χ2n) is 4.43. The average molecular weight is 373 g/mol. The maximum absolute atomic E-state index is 13.4. The minimum atomic E-state index is -1.66. The summed E-state index contributed by atoms with van der Waals surface area (Å²) in [6.45, 7) is 0. The molecule has 0 saturated carbocycles. The van der Waals surface area contributed by atoms with E-state index in [4.69, 9.17) is 0 Å². The van der Waals surface area contributed by atoms with Crippen molar-refractivity contribution in [3.05, 3.63) is 69.6 Å². The first kappa shape index (κ1) is 14.7. The van der Waals surface area contributed by atoms with E-state index in [0.717, 1.165) is 22.9 Å². The molecule has 0 unspecified atom stereocenters. The van der Waals surface area contributed by atoms with Gasteiger partial charge in [0.2, 0.25) is 5.78 Å². The molecule has 0 amide bonds. The molecule has 0 fully saturated rings. The van der Waals surface area contributed by atoms with Gasteiger partial charge in [0.1, 0.15) is 11.5 Å². The number of imidazole rings is 1. The van der Waals surface area contributed by atoms with Gasteiger partial charge in [-0.25, -0.2) is 22.5 Å². The number of benzene rings is 1. The summed E-state index contributed by atoms with van der Waals surface area (Å²) in [6.07, 6.45) is 2.15. The van der Waals surface area contributed by atoms with Gasteiger partial charge in [-0.3, -0.25) is 9.20 Å². The Morgan fingerprint density at radius 1 is 1.09 bits per heavy atom. The maximum atomic E-state index is 13.4. The first-order valence-electron chi connectivity index (χ1n) is 5.90. The molecule has 3 nitrogen and oxygen atoms in total. The lowest BCUT2D eigenvalue weighted by Gasteiger charge is -2.04. The van der Waals surface area contributed by atoms with Crippen LogP contribution in [0.1, 0.15) is 16.1 Å². The fourth-order valence-corrected chi connectivity index (χ4v) is 2.53. The monoisotopic (exact) mass is 372 g/mol. The smallest absolute Gasteiger partial charge is 0.211 e. The molecule has 0 N–H and O–H groups in total. The number of halogens is 5. The molecule has 3 aromatic rings. The highest BCUT2D eigenvalue weighted by Gasteiger charge is 2.20. The van der Waals surface area contributed by atoms with Crippen LogP contribution < -0.4 is 0 Å². The molecule has 2 heterocycles. The highest BCUT2D eigenvalue weighted by molar-refractivity contribution is 9.10. The van der Waals surface area contributed by atoms with E-state index in [0.29, 0.717) is 16.6 Å². The number of nitrogens with zero attached hydrogens (tertiary/aromatic N) is 2. The predicted molar refractivity (Wildman–Crippen MR) is 72.6 cm³/mol. The normalized spacial score (nSPS) is 11.1. The first-order chi connectivity index (χ1) is 10.4. The Hall–Kier alpha value is -2.22. The number of pyridine rings is 1. The van der Waals surface area contributed by atoms with Crippen molar-refractivity contribution >= 4 is 27.4 Å². The molecule has 0 aliphatic carbocycles. The average Bonchev–Trinajstić information content (AvgIpc) is 2.87. The van der Waals surface area contributed by atoms with Crippen LogP contribution in [0, 0.1) is 23.3 Å². The second kappa shape index (κ2) is 5.20. The zero-order chi connectivity index (χ0) is 16.0. The molecule has 0 aliphatic heterocycles. The Balaban J connectivity index is 2.18. The molecule has 0 spiro atoms. The molecule has 0 saturated heterocycles. The molecule has 2 aromatic heterocycles. The lowest BCUT2D eigenvalue weighted by molar-refractivity contribution is 0.103. The Morgan fingerprint density at radius 3 is 2.36 bits per heavy atom. The van der Waals surface area contributed by atoms with Gasteiger partial charge >= 0.3 is 0 Å². The van der Waals surface area contributed by atoms with Gasteiger partial charge in [-0.2, -0.15) is 0 Å². The molecule has 0 bridgehead atoms. The molecular formula is C14H5BrF4N2O. The fraction of sp³-hybridized carbons (Fsp3) is 0. The van der Waals surface area contributed by atoms with Gasteiger partial charge in [0.15, 0.2) is 23.1 Å². The van der Waals surface area contributed by atoms with Crippen LogP contribution in [0.4, 0.5) is 17.6 Å². The van der Waals surface area contributed by atoms with Crippen molar-refractivity contribution in [2.75, 3.05) is 0 Å². The van der Waals surface area contributed by atoms with Crippen LogP contribution in [-0.4, -0.2) is 15.2 Å². The molecule has 0 aliphatic rings. The van der Waals surface area contributed by atoms with Gasteiger partial charge in [0.25, 0.3) is 0 Å². The summed E-state index contributed by atoms with van der Waals surface area (Å²) in [7, 11) is 0. The van der Waals surface area contributed by atoms with E-state index in [2.05, 4.69) is 20.9 Å². The number of carbonyl (C=O) groups is 1. The highest BCUT2D eigenvalue weighted by Crippen LogP contribution is 2.22. The SMILES string of the molecule is O=C(c1cc(F)c(F)c(F)c1)c1cnc2c(Br)cc(F)cn12. The summed E-state index contributed by atoms with van der Waals surface area (Å²) in [5, 5.41) is 0. The summed E-state index contributed by atoms with van der Waals surface area (Å²) >= 11 is 3.09. The zero-order valence-corrected chi connectivity index (χ0v) is 12.2. The van der Waals surface area contributed by atoms with E-state index in [-0.39, 0.29) is 11.3 Å². The quantitative estimate of drug-likeness (QED) is 0.388. The molecular weight excluding hydrogens is 368 g/mol. The van der Waals surface area contributed by atoms with E-state index in [1.165, 1.54) is 0 Å². The van der Waals surface area contributed by atoms with Crippen molar-refractivity contribution in [3.8, 4) is 0 Å². The molecule has 112 valence electrons. The van der Waals surface area contributed by atoms with Crippen LogP contribution in [0.25, 0.3) is 5.65 Å². The summed E-state index contributed by atoms with van der Waals surface area (Å²) in [5.74, 6) is -6.08. The Kier molecular flexibility index (Phi) is 3.48. The zero-order valence-electron chi connectivity index (χ0n) is 10.6. The van der Waals surface area contributed by atoms with Crippen LogP contribution >= 0.6 is 15.9 Å². The van der Waals surface area contributed by atoms with Gasteiger partial charge in [-0.1, -0.05) is 0 Å². The third-order valence-electron chi connectivity index (χ3n) is 3.01. The van der Waals surface area contributed by atoms with E-state index in [9.17, 15) is 22.4 Å². The minimum Gasteiger partial charge on any atom is -0.293 e. The van der Waals surface area contributed by atoms with E-state index >= 15 is 0 Å². The Morgan fingerprint density at radius 2 is 1.73 bits per heavy atom. The standard InChI is InChI=1S/C14H5BrF4N2O/c15-8-3-7(16)5-21-11(4-20-14(8)21)13(22)6-1-9(17)12(19)10(18)2-6/h1-5H. The van der Waals surface area contributed by atoms with E-state index < -0.39 is 34.6 Å². The maximum Gasteiger partial charge on any atom is 0.211 e. The van der Waals surface area contributed by atoms with Crippen LogP contribution in [0.3, 0.4) is 0 Å². The van der Waals surface area contributed by atoms with Crippen LogP contribution in [0.2, 0.25) is 0 Å². The van der Waals surface area contributed by atoms with Crippen molar-refractivity contribution in [3.63, 3.8) is 0 Å². The van der Waals surface area contributed by atoms with Crippen LogP contribution in [-0.2, 0) is 0 Å². The first-order valence-corrected chi connectivity index (χ1v) is 6.69. The lowest BCUT2D eigenvalue weighted by atomic mass is 10.1. The van der Waals surface area contributed by atoms with Crippen molar-refractivity contribution in [1.29, 1.82) is 0 Å². The van der Waals surface area contributed by atoms with Crippen LogP contribution in [0.15, 0.2) is 35.1 Å². The van der Waals surface area contributed by atoms with E-state index in [1.807, 2.05) is 0 Å². The third kappa shape index (κ3) is 2.29. The van der Waals surface area contributed by atoms with E-state index in [1.54, 1.807) is 0 Å². The van der Waals surface area contributed by atoms with Crippen molar-refractivity contribution in [2.24, 2.45) is 0 Å². The third-order valence-corrected chi connectivity index (χ3v) is 3.59. The molecule has 1 aromatic carbocycles. The number of ketones is 1. The number of aromatic nitrogens is 2. The number of hydrogen-bond donors (Lipinski definition) is 0. The highest BCUT2D eigenvalue weighted by atomic mass is 79.9. The molecule has 0 atom stereocenters. The number of fused-ring (bicyclic) bond motifs is 1. The Labute approximate surface area is 129 Å². The summed E-state index contributed by atoms with van der Waals surface area (Å²) < 4.78 is 54.3. The number of hydrogen-bond acceptors (Lipinski definition) is 2. The molecule has 0 radical (unpaired) electrons. The van der Waals surface area contributed by atoms with Crippen molar-refractivity contribution in [2.45, 2.75) is 0 Å². The summed E-state index contributed by atoms with van der Waals surface area (Å²) in [4.78, 5) is 16.2. The molecule has 3 rings (SSSR count). The Bertz CT molecular complexity index is 900. The number of carbonyl (C=O) groups excluding carboxylic acids is 1. The minimum absolute atomic E-state index is 0.111. The fourth-order valence-electron chi connectivity index (χ4n) is 2.02. The van der Waals surface area contributed by atoms with Gasteiger partial charge in [-0.15, -0.1) is 0 Å². The lowest BCUT2D eigenvalue weighted by Crippen LogP contribution is -2.08.